The molecule has 0 radical (unpaired) electrons. The fraction of sp³-hybridized carbons (Fsp3) is 0. The van der Waals surface area contributed by atoms with Gasteiger partial charge in [-0.3, -0.25) is 10.1 Å². The van der Waals surface area contributed by atoms with E-state index in [1.807, 2.05) is 60.7 Å². The lowest BCUT2D eigenvalue weighted by Gasteiger charge is -2.03. The quantitative estimate of drug-likeness (QED) is 0.135. The van der Waals surface area contributed by atoms with Crippen molar-refractivity contribution in [2.45, 2.75) is 0 Å². The molecule has 0 fully saturated rings. The zero-order valence-corrected chi connectivity index (χ0v) is 19.3. The van der Waals surface area contributed by atoms with Gasteiger partial charge in [0.05, 0.1) is 16.2 Å². The van der Waals surface area contributed by atoms with Gasteiger partial charge in [-0.05, 0) is 23.8 Å². The molecule has 0 N–H and O–H groups in total. The van der Waals surface area contributed by atoms with Crippen LogP contribution in [0.25, 0.3) is 33.8 Å². The van der Waals surface area contributed by atoms with Crippen LogP contribution in [0.1, 0.15) is 11.3 Å². The molecule has 0 amide bonds. The van der Waals surface area contributed by atoms with Crippen molar-refractivity contribution >= 4 is 29.4 Å². The molecule has 2 heterocycles. The summed E-state index contributed by atoms with van der Waals surface area (Å²) in [5, 5.41) is 21.1. The molecule has 7 nitrogen and oxygen atoms in total. The van der Waals surface area contributed by atoms with E-state index < -0.39 is 4.92 Å². The van der Waals surface area contributed by atoms with E-state index in [-0.39, 0.29) is 16.6 Å². The molecule has 0 saturated heterocycles. The first-order valence-electron chi connectivity index (χ1n) is 10.8. The largest absolute Gasteiger partial charge is 0.455 e. The number of aliphatic imine (C=N–C) groups is 1. The normalized spacial score (nSPS) is 11.0. The number of nitro groups is 1. The van der Waals surface area contributed by atoms with Crippen molar-refractivity contribution in [3.8, 4) is 39.8 Å². The Morgan fingerprint density at radius 1 is 0.917 bits per heavy atom. The molecule has 3 aromatic carbocycles. The summed E-state index contributed by atoms with van der Waals surface area (Å²) in [6, 6.07) is 28.8. The smallest absolute Gasteiger partial charge is 0.270 e. The Labute approximate surface area is 210 Å². The van der Waals surface area contributed by atoms with Crippen molar-refractivity contribution in [1.82, 2.24) is 0 Å². The molecule has 0 aliphatic rings. The predicted octanol–water partition coefficient (Wildman–Crippen LogP) is 8.06. The molecule has 5 aromatic rings. The monoisotopic (exact) mass is 493 g/mol. The van der Waals surface area contributed by atoms with E-state index in [0.717, 1.165) is 11.1 Å². The number of halogens is 1. The predicted molar refractivity (Wildman–Crippen MR) is 137 cm³/mol. The highest BCUT2D eigenvalue weighted by molar-refractivity contribution is 6.33. The third kappa shape index (κ3) is 4.41. The van der Waals surface area contributed by atoms with Crippen LogP contribution in [0.2, 0.25) is 5.02 Å². The van der Waals surface area contributed by atoms with Crippen LogP contribution in [0.3, 0.4) is 0 Å². The van der Waals surface area contributed by atoms with E-state index in [1.54, 1.807) is 12.1 Å². The molecule has 0 unspecified atom stereocenters. The van der Waals surface area contributed by atoms with E-state index in [9.17, 15) is 15.4 Å². The zero-order chi connectivity index (χ0) is 25.1. The molecule has 2 aromatic heterocycles. The lowest BCUT2D eigenvalue weighted by Crippen LogP contribution is -1.88. The summed E-state index contributed by atoms with van der Waals surface area (Å²) in [4.78, 5) is 14.9. The topological polar surface area (TPSA) is 106 Å². The van der Waals surface area contributed by atoms with Crippen LogP contribution < -0.4 is 0 Å². The summed E-state index contributed by atoms with van der Waals surface area (Å²) in [5.41, 5.74) is 3.03. The van der Waals surface area contributed by atoms with Gasteiger partial charge in [-0.25, -0.2) is 4.99 Å². The first kappa shape index (κ1) is 22.8. The van der Waals surface area contributed by atoms with E-state index in [1.165, 1.54) is 24.4 Å². The number of nitro benzene ring substituents is 1. The van der Waals surface area contributed by atoms with E-state index in [2.05, 4.69) is 11.1 Å². The maximum atomic E-state index is 11.0. The summed E-state index contributed by atoms with van der Waals surface area (Å²) in [6.07, 6.45) is 1.45. The second kappa shape index (κ2) is 9.74. The lowest BCUT2D eigenvalue weighted by atomic mass is 9.98. The average molecular weight is 494 g/mol. The highest BCUT2D eigenvalue weighted by Crippen LogP contribution is 2.42. The molecule has 36 heavy (non-hydrogen) atoms. The molecule has 0 aliphatic carbocycles. The molecule has 0 saturated carbocycles. The van der Waals surface area contributed by atoms with E-state index in [0.29, 0.717) is 34.0 Å². The van der Waals surface area contributed by atoms with Gasteiger partial charge in [0, 0.05) is 28.8 Å². The summed E-state index contributed by atoms with van der Waals surface area (Å²) < 4.78 is 11.9. The standard InChI is InChI=1S/C28H16ClN3O4/c29-24-15-20(32(33)34)11-13-22(24)25-14-12-21(35-25)17-31-28-23(16-30)26(18-7-3-1-4-8-18)27(36-28)19-9-5-2-6-10-19/h1-15,17H. The Morgan fingerprint density at radius 3 is 2.25 bits per heavy atom. The lowest BCUT2D eigenvalue weighted by molar-refractivity contribution is -0.384. The van der Waals surface area contributed by atoms with Crippen molar-refractivity contribution in [3.63, 3.8) is 0 Å². The van der Waals surface area contributed by atoms with Gasteiger partial charge in [0.15, 0.2) is 0 Å². The van der Waals surface area contributed by atoms with Crippen molar-refractivity contribution in [2.75, 3.05) is 0 Å². The van der Waals surface area contributed by atoms with Crippen LogP contribution in [0, 0.1) is 21.4 Å². The first-order valence-corrected chi connectivity index (χ1v) is 11.2. The molecular weight excluding hydrogens is 478 g/mol. The molecule has 0 atom stereocenters. The van der Waals surface area contributed by atoms with Crippen molar-refractivity contribution in [3.05, 3.63) is 117 Å². The minimum atomic E-state index is -0.514. The molecular formula is C28H16ClN3O4. The number of benzene rings is 3. The van der Waals surface area contributed by atoms with Gasteiger partial charge in [-0.15, -0.1) is 0 Å². The van der Waals surface area contributed by atoms with Gasteiger partial charge in [0.25, 0.3) is 5.69 Å². The zero-order valence-electron chi connectivity index (χ0n) is 18.6. The van der Waals surface area contributed by atoms with Crippen molar-refractivity contribution in [2.24, 2.45) is 4.99 Å². The van der Waals surface area contributed by atoms with Crippen LogP contribution in [-0.2, 0) is 0 Å². The van der Waals surface area contributed by atoms with Crippen LogP contribution in [0.4, 0.5) is 11.6 Å². The minimum Gasteiger partial charge on any atom is -0.455 e. The van der Waals surface area contributed by atoms with Crippen molar-refractivity contribution < 1.29 is 13.8 Å². The molecule has 0 bridgehead atoms. The SMILES string of the molecule is N#Cc1c(N=Cc2ccc(-c3ccc([N+](=O)[O-])cc3Cl)o2)oc(-c2ccccc2)c1-c1ccccc1. The summed E-state index contributed by atoms with van der Waals surface area (Å²) in [7, 11) is 0. The number of rotatable bonds is 6. The second-order valence-electron chi connectivity index (χ2n) is 7.71. The number of hydrogen-bond acceptors (Lipinski definition) is 6. The highest BCUT2D eigenvalue weighted by atomic mass is 35.5. The van der Waals surface area contributed by atoms with Crippen LogP contribution in [0.15, 0.2) is 105 Å². The molecule has 0 spiro atoms. The molecule has 0 aliphatic heterocycles. The van der Waals surface area contributed by atoms with Crippen LogP contribution in [0.5, 0.6) is 0 Å². The van der Waals surface area contributed by atoms with Crippen molar-refractivity contribution in [1.29, 1.82) is 5.26 Å². The highest BCUT2D eigenvalue weighted by Gasteiger charge is 2.22. The molecule has 8 heteroatoms. The second-order valence-corrected chi connectivity index (χ2v) is 8.12. The number of hydrogen-bond donors (Lipinski definition) is 0. The van der Waals surface area contributed by atoms with E-state index >= 15 is 0 Å². The first-order chi connectivity index (χ1) is 17.5. The minimum absolute atomic E-state index is 0.109. The van der Waals surface area contributed by atoms with Gasteiger partial charge < -0.3 is 8.83 Å². The average Bonchev–Trinajstić information content (AvgIpc) is 3.53. The fourth-order valence-corrected chi connectivity index (χ4v) is 4.06. The fourth-order valence-electron chi connectivity index (χ4n) is 3.79. The van der Waals surface area contributed by atoms with E-state index in [4.69, 9.17) is 20.4 Å². The Hall–Kier alpha value is -4.93. The van der Waals surface area contributed by atoms with Crippen LogP contribution in [-0.4, -0.2) is 11.1 Å². The Balaban J connectivity index is 1.53. The van der Waals surface area contributed by atoms with Gasteiger partial charge >= 0.3 is 0 Å². The summed E-state index contributed by atoms with van der Waals surface area (Å²) >= 11 is 6.22. The molecule has 174 valence electrons. The van der Waals surface area contributed by atoms with Gasteiger partial charge in [-0.2, -0.15) is 5.26 Å². The number of furan rings is 2. The number of nitrogens with zero attached hydrogens (tertiary/aromatic N) is 3. The van der Waals surface area contributed by atoms with Crippen LogP contribution >= 0.6 is 11.6 Å². The van der Waals surface area contributed by atoms with Gasteiger partial charge in [0.2, 0.25) is 5.88 Å². The maximum absolute atomic E-state index is 11.0. The molecule has 5 rings (SSSR count). The summed E-state index contributed by atoms with van der Waals surface area (Å²) in [6.45, 7) is 0. The number of nitriles is 1. The summed E-state index contributed by atoms with van der Waals surface area (Å²) in [5.74, 6) is 1.51. The Bertz CT molecular complexity index is 1630. The van der Waals surface area contributed by atoms with Gasteiger partial charge in [0.1, 0.15) is 28.9 Å². The van der Waals surface area contributed by atoms with Gasteiger partial charge in [-0.1, -0.05) is 72.3 Å². The Morgan fingerprint density at radius 2 is 1.61 bits per heavy atom. The third-order valence-electron chi connectivity index (χ3n) is 5.46. The number of non-ortho nitro benzene ring substituents is 1. The third-order valence-corrected chi connectivity index (χ3v) is 5.78. The maximum Gasteiger partial charge on any atom is 0.270 e. The Kier molecular flexibility index (Phi) is 6.18.